The Balaban J connectivity index is 2.19. The summed E-state index contributed by atoms with van der Waals surface area (Å²) in [5.74, 6) is 0.868. The molecule has 0 spiro atoms. The molecule has 0 bridgehead atoms. The van der Waals surface area contributed by atoms with Gasteiger partial charge in [-0.25, -0.2) is 0 Å². The van der Waals surface area contributed by atoms with Crippen LogP contribution in [0.5, 0.6) is 5.75 Å². The standard InChI is InChI=1S/C10H11N3O/c11-10-8(6-12-13-10)5-7-1-3-9(14)4-2-7/h1-4,6,14H,5H2,(H3,11,12,13). The van der Waals surface area contributed by atoms with Gasteiger partial charge in [0, 0.05) is 12.0 Å². The van der Waals surface area contributed by atoms with E-state index in [0.29, 0.717) is 5.82 Å². The average Bonchev–Trinajstić information content (AvgIpc) is 2.56. The molecule has 0 aliphatic carbocycles. The van der Waals surface area contributed by atoms with Crippen LogP contribution in [-0.4, -0.2) is 15.3 Å². The fourth-order valence-corrected chi connectivity index (χ4v) is 1.30. The Morgan fingerprint density at radius 2 is 2.00 bits per heavy atom. The lowest BCUT2D eigenvalue weighted by atomic mass is 10.1. The molecule has 1 aromatic heterocycles. The number of anilines is 1. The normalized spacial score (nSPS) is 10.3. The van der Waals surface area contributed by atoms with Gasteiger partial charge >= 0.3 is 0 Å². The predicted molar refractivity (Wildman–Crippen MR) is 53.9 cm³/mol. The van der Waals surface area contributed by atoms with Gasteiger partial charge < -0.3 is 10.8 Å². The summed E-state index contributed by atoms with van der Waals surface area (Å²) in [6.45, 7) is 0. The maximum atomic E-state index is 9.09. The van der Waals surface area contributed by atoms with E-state index in [1.807, 2.05) is 12.1 Å². The van der Waals surface area contributed by atoms with Gasteiger partial charge in [-0.05, 0) is 17.7 Å². The number of phenols is 1. The Labute approximate surface area is 81.4 Å². The zero-order valence-corrected chi connectivity index (χ0v) is 7.57. The summed E-state index contributed by atoms with van der Waals surface area (Å²) in [5.41, 5.74) is 7.71. The van der Waals surface area contributed by atoms with Gasteiger partial charge in [-0.3, -0.25) is 5.10 Å². The Morgan fingerprint density at radius 1 is 1.29 bits per heavy atom. The van der Waals surface area contributed by atoms with Crippen molar-refractivity contribution in [3.63, 3.8) is 0 Å². The summed E-state index contributed by atoms with van der Waals surface area (Å²) >= 11 is 0. The van der Waals surface area contributed by atoms with Crippen LogP contribution in [0.4, 0.5) is 5.82 Å². The minimum Gasteiger partial charge on any atom is -0.508 e. The van der Waals surface area contributed by atoms with Gasteiger partial charge in [-0.1, -0.05) is 12.1 Å². The number of H-pyrrole nitrogens is 1. The third kappa shape index (κ3) is 1.69. The van der Waals surface area contributed by atoms with Crippen molar-refractivity contribution in [1.29, 1.82) is 0 Å². The molecule has 2 rings (SSSR count). The summed E-state index contributed by atoms with van der Waals surface area (Å²) in [7, 11) is 0. The molecule has 0 saturated heterocycles. The highest BCUT2D eigenvalue weighted by Gasteiger charge is 2.02. The van der Waals surface area contributed by atoms with Crippen molar-refractivity contribution >= 4 is 5.82 Å². The van der Waals surface area contributed by atoms with E-state index in [1.165, 1.54) is 0 Å². The second-order valence-corrected chi connectivity index (χ2v) is 3.15. The van der Waals surface area contributed by atoms with Crippen molar-refractivity contribution in [2.75, 3.05) is 5.73 Å². The number of nitrogens with two attached hydrogens (primary N) is 1. The lowest BCUT2D eigenvalue weighted by Gasteiger charge is -1.99. The molecule has 1 heterocycles. The number of phenolic OH excluding ortho intramolecular Hbond substituents is 1. The molecule has 4 nitrogen and oxygen atoms in total. The molecule has 0 aliphatic rings. The molecule has 0 fully saturated rings. The molecule has 14 heavy (non-hydrogen) atoms. The number of hydrogen-bond donors (Lipinski definition) is 3. The number of nitrogen functional groups attached to an aromatic ring is 1. The topological polar surface area (TPSA) is 74.9 Å². The quantitative estimate of drug-likeness (QED) is 0.666. The molecule has 0 radical (unpaired) electrons. The number of rotatable bonds is 2. The molecule has 0 aliphatic heterocycles. The molecule has 0 atom stereocenters. The van der Waals surface area contributed by atoms with Crippen molar-refractivity contribution < 1.29 is 5.11 Å². The number of aromatic hydroxyl groups is 1. The number of nitrogens with zero attached hydrogens (tertiary/aromatic N) is 1. The highest BCUT2D eigenvalue weighted by molar-refractivity contribution is 5.41. The van der Waals surface area contributed by atoms with E-state index in [2.05, 4.69) is 10.2 Å². The lowest BCUT2D eigenvalue weighted by Crippen LogP contribution is -1.92. The third-order valence-corrected chi connectivity index (χ3v) is 2.08. The van der Waals surface area contributed by atoms with Crippen molar-refractivity contribution in [3.8, 4) is 5.75 Å². The largest absolute Gasteiger partial charge is 0.508 e. The fourth-order valence-electron chi connectivity index (χ4n) is 1.30. The molecule has 4 heteroatoms. The molecular weight excluding hydrogens is 178 g/mol. The average molecular weight is 189 g/mol. The first-order valence-corrected chi connectivity index (χ1v) is 4.31. The van der Waals surface area contributed by atoms with Crippen molar-refractivity contribution in [2.45, 2.75) is 6.42 Å². The van der Waals surface area contributed by atoms with Crippen LogP contribution in [0.1, 0.15) is 11.1 Å². The molecule has 1 aromatic carbocycles. The van der Waals surface area contributed by atoms with Gasteiger partial charge in [-0.2, -0.15) is 5.10 Å². The Hall–Kier alpha value is -1.97. The second-order valence-electron chi connectivity index (χ2n) is 3.15. The van der Waals surface area contributed by atoms with Crippen LogP contribution in [0.2, 0.25) is 0 Å². The summed E-state index contributed by atoms with van der Waals surface area (Å²) in [5, 5.41) is 15.6. The molecule has 2 aromatic rings. The zero-order chi connectivity index (χ0) is 9.97. The molecular formula is C10H11N3O. The first-order chi connectivity index (χ1) is 6.75. The summed E-state index contributed by atoms with van der Waals surface area (Å²) in [4.78, 5) is 0. The second kappa shape index (κ2) is 3.41. The number of aromatic nitrogens is 2. The van der Waals surface area contributed by atoms with E-state index < -0.39 is 0 Å². The first-order valence-electron chi connectivity index (χ1n) is 4.31. The lowest BCUT2D eigenvalue weighted by molar-refractivity contribution is 0.475. The highest BCUT2D eigenvalue weighted by Crippen LogP contribution is 2.15. The van der Waals surface area contributed by atoms with E-state index in [1.54, 1.807) is 18.3 Å². The molecule has 0 saturated carbocycles. The Morgan fingerprint density at radius 3 is 2.57 bits per heavy atom. The minimum atomic E-state index is 0.272. The Kier molecular flexibility index (Phi) is 2.10. The monoisotopic (exact) mass is 189 g/mol. The molecule has 0 amide bonds. The molecule has 0 unspecified atom stereocenters. The molecule has 72 valence electrons. The maximum Gasteiger partial charge on any atom is 0.122 e. The summed E-state index contributed by atoms with van der Waals surface area (Å²) < 4.78 is 0. The van der Waals surface area contributed by atoms with Crippen molar-refractivity contribution in [2.24, 2.45) is 0 Å². The van der Waals surface area contributed by atoms with Gasteiger partial charge in [-0.15, -0.1) is 0 Å². The smallest absolute Gasteiger partial charge is 0.122 e. The highest BCUT2D eigenvalue weighted by atomic mass is 16.3. The number of hydrogen-bond acceptors (Lipinski definition) is 3. The zero-order valence-electron chi connectivity index (χ0n) is 7.57. The SMILES string of the molecule is Nc1[nH]ncc1Cc1ccc(O)cc1. The van der Waals surface area contributed by atoms with E-state index in [-0.39, 0.29) is 5.75 Å². The van der Waals surface area contributed by atoms with Crippen LogP contribution in [0.15, 0.2) is 30.5 Å². The van der Waals surface area contributed by atoms with Crippen LogP contribution in [0.3, 0.4) is 0 Å². The van der Waals surface area contributed by atoms with Crippen LogP contribution in [0, 0.1) is 0 Å². The number of aromatic amines is 1. The van der Waals surface area contributed by atoms with Gasteiger partial charge in [0.2, 0.25) is 0 Å². The summed E-state index contributed by atoms with van der Waals surface area (Å²) in [6, 6.07) is 7.04. The fraction of sp³-hybridized carbons (Fsp3) is 0.100. The van der Waals surface area contributed by atoms with Crippen molar-refractivity contribution in [3.05, 3.63) is 41.6 Å². The van der Waals surface area contributed by atoms with Gasteiger partial charge in [0.05, 0.1) is 6.20 Å². The third-order valence-electron chi connectivity index (χ3n) is 2.08. The van der Waals surface area contributed by atoms with E-state index in [0.717, 1.165) is 17.5 Å². The van der Waals surface area contributed by atoms with E-state index in [4.69, 9.17) is 10.8 Å². The van der Waals surface area contributed by atoms with Crippen LogP contribution in [0.25, 0.3) is 0 Å². The van der Waals surface area contributed by atoms with Crippen LogP contribution in [-0.2, 0) is 6.42 Å². The van der Waals surface area contributed by atoms with Crippen LogP contribution >= 0.6 is 0 Å². The minimum absolute atomic E-state index is 0.272. The number of benzene rings is 1. The van der Waals surface area contributed by atoms with Crippen LogP contribution < -0.4 is 5.73 Å². The van der Waals surface area contributed by atoms with Gasteiger partial charge in [0.1, 0.15) is 11.6 Å². The summed E-state index contributed by atoms with van der Waals surface area (Å²) in [6.07, 6.45) is 2.44. The number of nitrogens with one attached hydrogen (secondary N) is 1. The van der Waals surface area contributed by atoms with E-state index >= 15 is 0 Å². The first kappa shape index (κ1) is 8.62. The van der Waals surface area contributed by atoms with Gasteiger partial charge in [0.15, 0.2) is 0 Å². The maximum absolute atomic E-state index is 9.09. The van der Waals surface area contributed by atoms with E-state index in [9.17, 15) is 0 Å². The van der Waals surface area contributed by atoms with Crippen molar-refractivity contribution in [1.82, 2.24) is 10.2 Å². The Bertz CT molecular complexity index is 419. The predicted octanol–water partition coefficient (Wildman–Crippen LogP) is 1.29. The molecule has 4 N–H and O–H groups in total. The van der Waals surface area contributed by atoms with Gasteiger partial charge in [0.25, 0.3) is 0 Å².